The Morgan fingerprint density at radius 3 is 2.69 bits per heavy atom. The molecule has 0 amide bonds. The van der Waals surface area contributed by atoms with Gasteiger partial charge in [0.2, 0.25) is 15.2 Å². The molecule has 0 aromatic carbocycles. The number of hydrogen-bond acceptors (Lipinski definition) is 6. The zero-order valence-electron chi connectivity index (χ0n) is 7.02. The van der Waals surface area contributed by atoms with Crippen molar-refractivity contribution in [2.45, 2.75) is 6.92 Å². The number of rotatable bonds is 4. The van der Waals surface area contributed by atoms with Crippen molar-refractivity contribution in [1.29, 1.82) is 0 Å². The smallest absolute Gasteiger partial charge is 0.210 e. The van der Waals surface area contributed by atoms with Crippen LogP contribution < -0.4 is 10.5 Å². The van der Waals surface area contributed by atoms with Crippen LogP contribution in [0.25, 0.3) is 0 Å². The minimum Gasteiger partial charge on any atom is -0.359 e. The summed E-state index contributed by atoms with van der Waals surface area (Å²) in [5.41, 5.74) is 0. The third-order valence-electron chi connectivity index (χ3n) is 1.19. The highest BCUT2D eigenvalue weighted by molar-refractivity contribution is 7.89. The van der Waals surface area contributed by atoms with Crippen molar-refractivity contribution in [3.05, 3.63) is 5.01 Å². The predicted octanol–water partition coefficient (Wildman–Crippen LogP) is -0.453. The highest BCUT2D eigenvalue weighted by Gasteiger charge is 2.03. The van der Waals surface area contributed by atoms with Crippen molar-refractivity contribution < 1.29 is 8.42 Å². The summed E-state index contributed by atoms with van der Waals surface area (Å²) in [6.45, 7) is 2.08. The van der Waals surface area contributed by atoms with Crippen LogP contribution in [-0.2, 0) is 10.0 Å². The van der Waals surface area contributed by atoms with Crippen LogP contribution in [-0.4, -0.2) is 30.9 Å². The van der Waals surface area contributed by atoms with Gasteiger partial charge in [0.1, 0.15) is 5.01 Å². The molecule has 0 saturated heterocycles. The lowest BCUT2D eigenvalue weighted by Gasteiger charge is -1.98. The van der Waals surface area contributed by atoms with E-state index in [9.17, 15) is 8.42 Å². The SMILES string of the molecule is Cc1nnc(NCCS(N)(=O)=O)s1. The second-order valence-electron chi connectivity index (χ2n) is 2.42. The van der Waals surface area contributed by atoms with E-state index >= 15 is 0 Å². The first-order valence-electron chi connectivity index (χ1n) is 3.52. The van der Waals surface area contributed by atoms with Crippen molar-refractivity contribution >= 4 is 26.5 Å². The molecule has 0 aliphatic carbocycles. The van der Waals surface area contributed by atoms with Gasteiger partial charge in [-0.25, -0.2) is 13.6 Å². The first kappa shape index (κ1) is 10.4. The van der Waals surface area contributed by atoms with Crippen LogP contribution in [0.1, 0.15) is 5.01 Å². The molecule has 8 heteroatoms. The molecule has 0 unspecified atom stereocenters. The van der Waals surface area contributed by atoms with E-state index in [4.69, 9.17) is 5.14 Å². The second kappa shape index (κ2) is 3.99. The number of nitrogens with zero attached hydrogens (tertiary/aromatic N) is 2. The number of nitrogens with two attached hydrogens (primary N) is 1. The van der Waals surface area contributed by atoms with Crippen LogP contribution in [0.5, 0.6) is 0 Å². The number of nitrogens with one attached hydrogen (secondary N) is 1. The molecule has 0 spiro atoms. The number of hydrogen-bond donors (Lipinski definition) is 2. The molecule has 1 heterocycles. The maximum absolute atomic E-state index is 10.5. The summed E-state index contributed by atoms with van der Waals surface area (Å²) < 4.78 is 21.1. The topological polar surface area (TPSA) is 98.0 Å². The fourth-order valence-electron chi connectivity index (χ4n) is 0.668. The summed E-state index contributed by atoms with van der Waals surface area (Å²) in [6, 6.07) is 0. The second-order valence-corrected chi connectivity index (χ2v) is 5.34. The Hall–Kier alpha value is -0.730. The van der Waals surface area contributed by atoms with Gasteiger partial charge >= 0.3 is 0 Å². The highest BCUT2D eigenvalue weighted by atomic mass is 32.2. The first-order valence-corrected chi connectivity index (χ1v) is 6.05. The van der Waals surface area contributed by atoms with E-state index in [1.807, 2.05) is 6.92 Å². The van der Waals surface area contributed by atoms with Crippen LogP contribution in [0, 0.1) is 6.92 Å². The fourth-order valence-corrected chi connectivity index (χ4v) is 1.67. The Kier molecular flexibility index (Phi) is 3.17. The van der Waals surface area contributed by atoms with E-state index < -0.39 is 10.0 Å². The standard InChI is InChI=1S/C5H10N4O2S2/c1-4-8-9-5(12-4)7-2-3-13(6,10)11/h2-3H2,1H3,(H,7,9)(H2,6,10,11). The van der Waals surface area contributed by atoms with Crippen molar-refractivity contribution in [1.82, 2.24) is 10.2 Å². The van der Waals surface area contributed by atoms with Crippen LogP contribution in [0.15, 0.2) is 0 Å². The lowest BCUT2D eigenvalue weighted by atomic mass is 10.7. The normalized spacial score (nSPS) is 11.5. The molecule has 0 fully saturated rings. The zero-order valence-corrected chi connectivity index (χ0v) is 8.65. The van der Waals surface area contributed by atoms with Gasteiger partial charge in [-0.05, 0) is 6.92 Å². The van der Waals surface area contributed by atoms with Gasteiger partial charge in [0.15, 0.2) is 0 Å². The average molecular weight is 222 g/mol. The van der Waals surface area contributed by atoms with Crippen molar-refractivity contribution in [2.24, 2.45) is 5.14 Å². The van der Waals surface area contributed by atoms with E-state index in [1.54, 1.807) is 0 Å². The largest absolute Gasteiger partial charge is 0.359 e. The molecule has 0 aliphatic heterocycles. The Labute approximate surface area is 80.2 Å². The molecule has 1 aromatic rings. The lowest BCUT2D eigenvalue weighted by Crippen LogP contribution is -2.22. The minimum absolute atomic E-state index is 0.106. The third kappa shape index (κ3) is 4.15. The third-order valence-corrected chi connectivity index (χ3v) is 2.76. The summed E-state index contributed by atoms with van der Waals surface area (Å²) in [7, 11) is -3.39. The number of anilines is 1. The minimum atomic E-state index is -3.39. The first-order chi connectivity index (χ1) is 5.97. The van der Waals surface area contributed by atoms with Crippen molar-refractivity contribution in [3.63, 3.8) is 0 Å². The van der Waals surface area contributed by atoms with E-state index in [-0.39, 0.29) is 12.3 Å². The Bertz CT molecular complexity index is 372. The summed E-state index contributed by atoms with van der Waals surface area (Å²) >= 11 is 1.37. The van der Waals surface area contributed by atoms with Gasteiger partial charge in [-0.2, -0.15) is 0 Å². The highest BCUT2D eigenvalue weighted by Crippen LogP contribution is 2.12. The van der Waals surface area contributed by atoms with Gasteiger partial charge in [0, 0.05) is 6.54 Å². The number of primary sulfonamides is 1. The summed E-state index contributed by atoms with van der Waals surface area (Å²) in [5, 5.41) is 16.6. The Balaban J connectivity index is 2.36. The molecule has 0 bridgehead atoms. The molecular formula is C5H10N4O2S2. The molecule has 0 radical (unpaired) electrons. The lowest BCUT2D eigenvalue weighted by molar-refractivity contribution is 0.598. The quantitative estimate of drug-likeness (QED) is 0.718. The molecule has 1 rings (SSSR count). The molecule has 1 aromatic heterocycles. The Morgan fingerprint density at radius 2 is 2.23 bits per heavy atom. The molecule has 3 N–H and O–H groups in total. The summed E-state index contributed by atoms with van der Waals surface area (Å²) in [6.07, 6.45) is 0. The maximum atomic E-state index is 10.5. The molecule has 6 nitrogen and oxygen atoms in total. The Morgan fingerprint density at radius 1 is 1.54 bits per heavy atom. The molecule has 0 atom stereocenters. The molecule has 74 valence electrons. The molecule has 13 heavy (non-hydrogen) atoms. The van der Waals surface area contributed by atoms with Gasteiger partial charge in [-0.15, -0.1) is 10.2 Å². The van der Waals surface area contributed by atoms with Gasteiger partial charge in [0.05, 0.1) is 5.75 Å². The average Bonchev–Trinajstić information content (AvgIpc) is 2.33. The van der Waals surface area contributed by atoms with Gasteiger partial charge in [-0.1, -0.05) is 11.3 Å². The maximum Gasteiger partial charge on any atom is 0.210 e. The van der Waals surface area contributed by atoms with Crippen LogP contribution in [0.3, 0.4) is 0 Å². The van der Waals surface area contributed by atoms with Gasteiger partial charge < -0.3 is 5.32 Å². The van der Waals surface area contributed by atoms with Gasteiger partial charge in [-0.3, -0.25) is 0 Å². The molecule has 0 aliphatic rings. The van der Waals surface area contributed by atoms with E-state index in [0.717, 1.165) is 5.01 Å². The monoisotopic (exact) mass is 222 g/mol. The van der Waals surface area contributed by atoms with Crippen molar-refractivity contribution in [3.8, 4) is 0 Å². The summed E-state index contributed by atoms with van der Waals surface area (Å²) in [4.78, 5) is 0. The van der Waals surface area contributed by atoms with Crippen LogP contribution in [0.4, 0.5) is 5.13 Å². The number of aryl methyl sites for hydroxylation is 1. The van der Waals surface area contributed by atoms with E-state index in [0.29, 0.717) is 5.13 Å². The summed E-state index contributed by atoms with van der Waals surface area (Å²) in [5.74, 6) is -0.106. The molecular weight excluding hydrogens is 212 g/mol. The zero-order chi connectivity index (χ0) is 9.90. The number of sulfonamides is 1. The molecule has 0 saturated carbocycles. The van der Waals surface area contributed by atoms with E-state index in [2.05, 4.69) is 15.5 Å². The fraction of sp³-hybridized carbons (Fsp3) is 0.600. The van der Waals surface area contributed by atoms with Crippen LogP contribution >= 0.6 is 11.3 Å². The van der Waals surface area contributed by atoms with E-state index in [1.165, 1.54) is 11.3 Å². The van der Waals surface area contributed by atoms with Gasteiger partial charge in [0.25, 0.3) is 0 Å². The number of aromatic nitrogens is 2. The predicted molar refractivity (Wildman–Crippen MR) is 51.1 cm³/mol. The van der Waals surface area contributed by atoms with Crippen molar-refractivity contribution in [2.75, 3.05) is 17.6 Å². The van der Waals surface area contributed by atoms with Crippen LogP contribution in [0.2, 0.25) is 0 Å².